The third kappa shape index (κ3) is 3.50. The van der Waals surface area contributed by atoms with Crippen molar-refractivity contribution >= 4 is 11.4 Å². The monoisotopic (exact) mass is 274 g/mol. The van der Waals surface area contributed by atoms with E-state index in [1.54, 1.807) is 38.1 Å². The minimum Gasteiger partial charge on any atom is -0.420 e. The van der Waals surface area contributed by atoms with Crippen LogP contribution in [0.15, 0.2) is 34.8 Å². The number of nitrogens with zero attached hydrogens (tertiary/aromatic N) is 2. The number of hydrogen-bond donors (Lipinski definition) is 2. The number of rotatable bonds is 5. The van der Waals surface area contributed by atoms with Crippen LogP contribution in [0.2, 0.25) is 0 Å². The molecule has 0 fully saturated rings. The molecule has 0 unspecified atom stereocenters. The SMILES string of the molecule is CC(=N)/C=C(\NCc1ccccc1F)c1nnc(C)o1. The molecule has 20 heavy (non-hydrogen) atoms. The fourth-order valence-corrected chi connectivity index (χ4v) is 1.64. The van der Waals surface area contributed by atoms with Crippen molar-refractivity contribution in [3.05, 3.63) is 53.5 Å². The van der Waals surface area contributed by atoms with Crippen LogP contribution in [-0.2, 0) is 6.54 Å². The Morgan fingerprint density at radius 3 is 2.75 bits per heavy atom. The number of aryl methyl sites for hydroxylation is 1. The Hall–Kier alpha value is -2.50. The van der Waals surface area contributed by atoms with E-state index in [4.69, 9.17) is 9.83 Å². The molecule has 1 heterocycles. The van der Waals surface area contributed by atoms with Crippen molar-refractivity contribution in [2.75, 3.05) is 0 Å². The Labute approximate surface area is 116 Å². The molecule has 1 aromatic carbocycles. The summed E-state index contributed by atoms with van der Waals surface area (Å²) in [5.41, 5.74) is 1.36. The average molecular weight is 274 g/mol. The predicted octanol–water partition coefficient (Wildman–Crippen LogP) is 2.69. The van der Waals surface area contributed by atoms with E-state index >= 15 is 0 Å². The number of nitrogens with one attached hydrogen (secondary N) is 2. The molecule has 0 aliphatic heterocycles. The fourth-order valence-electron chi connectivity index (χ4n) is 1.64. The molecule has 0 saturated carbocycles. The molecule has 104 valence electrons. The standard InChI is InChI=1S/C14H15FN4O/c1-9(16)7-13(14-19-18-10(2)20-14)17-8-11-5-3-4-6-12(11)15/h3-7,16-17H,8H2,1-2H3/b13-7-,16-9?. The zero-order chi connectivity index (χ0) is 14.5. The zero-order valence-electron chi connectivity index (χ0n) is 11.3. The molecule has 0 aliphatic rings. The van der Waals surface area contributed by atoms with Gasteiger partial charge in [0.2, 0.25) is 5.89 Å². The highest BCUT2D eigenvalue weighted by molar-refractivity contribution is 5.95. The highest BCUT2D eigenvalue weighted by Gasteiger charge is 2.10. The Kier molecular flexibility index (Phi) is 4.24. The Balaban J connectivity index is 2.18. The van der Waals surface area contributed by atoms with E-state index in [0.717, 1.165) is 0 Å². The summed E-state index contributed by atoms with van der Waals surface area (Å²) in [6.45, 7) is 3.59. The van der Waals surface area contributed by atoms with Gasteiger partial charge in [-0.1, -0.05) is 18.2 Å². The van der Waals surface area contributed by atoms with E-state index < -0.39 is 0 Å². The van der Waals surface area contributed by atoms with Gasteiger partial charge in [0.25, 0.3) is 5.89 Å². The first-order valence-corrected chi connectivity index (χ1v) is 6.11. The second-order valence-electron chi connectivity index (χ2n) is 4.31. The summed E-state index contributed by atoms with van der Waals surface area (Å²) in [5.74, 6) is 0.430. The molecule has 0 atom stereocenters. The van der Waals surface area contributed by atoms with Crippen LogP contribution in [0.5, 0.6) is 0 Å². The van der Waals surface area contributed by atoms with Gasteiger partial charge >= 0.3 is 0 Å². The summed E-state index contributed by atoms with van der Waals surface area (Å²) < 4.78 is 18.9. The molecule has 0 bridgehead atoms. The number of halogens is 1. The summed E-state index contributed by atoms with van der Waals surface area (Å²) >= 11 is 0. The highest BCUT2D eigenvalue weighted by Crippen LogP contribution is 2.12. The Morgan fingerprint density at radius 1 is 1.40 bits per heavy atom. The van der Waals surface area contributed by atoms with E-state index in [0.29, 0.717) is 22.9 Å². The lowest BCUT2D eigenvalue weighted by Crippen LogP contribution is -2.14. The van der Waals surface area contributed by atoms with Gasteiger partial charge in [-0.3, -0.25) is 0 Å². The van der Waals surface area contributed by atoms with Crippen LogP contribution in [-0.4, -0.2) is 15.9 Å². The van der Waals surface area contributed by atoms with E-state index in [1.165, 1.54) is 6.07 Å². The first-order chi connectivity index (χ1) is 9.56. The van der Waals surface area contributed by atoms with Gasteiger partial charge in [0.15, 0.2) is 0 Å². The average Bonchev–Trinajstić information content (AvgIpc) is 2.82. The summed E-state index contributed by atoms with van der Waals surface area (Å²) in [6.07, 6.45) is 1.56. The number of hydrogen-bond acceptors (Lipinski definition) is 5. The van der Waals surface area contributed by atoms with E-state index in [9.17, 15) is 4.39 Å². The van der Waals surface area contributed by atoms with E-state index in [2.05, 4.69) is 15.5 Å². The minimum absolute atomic E-state index is 0.271. The number of benzene rings is 1. The third-order valence-electron chi connectivity index (χ3n) is 2.54. The van der Waals surface area contributed by atoms with Crippen LogP contribution in [0, 0.1) is 18.2 Å². The quantitative estimate of drug-likeness (QED) is 0.822. The van der Waals surface area contributed by atoms with Crippen LogP contribution in [0.4, 0.5) is 4.39 Å². The van der Waals surface area contributed by atoms with Gasteiger partial charge in [0.1, 0.15) is 11.5 Å². The maximum Gasteiger partial charge on any atom is 0.263 e. The lowest BCUT2D eigenvalue weighted by Gasteiger charge is -2.08. The van der Waals surface area contributed by atoms with Crippen LogP contribution in [0.25, 0.3) is 5.70 Å². The number of allylic oxidation sites excluding steroid dienone is 1. The van der Waals surface area contributed by atoms with Gasteiger partial charge in [-0.15, -0.1) is 10.2 Å². The van der Waals surface area contributed by atoms with Crippen molar-refractivity contribution in [3.63, 3.8) is 0 Å². The molecule has 2 rings (SSSR count). The van der Waals surface area contributed by atoms with Gasteiger partial charge in [-0.05, 0) is 19.1 Å². The van der Waals surface area contributed by atoms with Gasteiger partial charge in [0.05, 0.1) is 0 Å². The maximum atomic E-state index is 13.6. The molecule has 0 amide bonds. The van der Waals surface area contributed by atoms with Crippen LogP contribution < -0.4 is 5.32 Å². The minimum atomic E-state index is -0.285. The van der Waals surface area contributed by atoms with Gasteiger partial charge in [0, 0.05) is 24.7 Å². The molecule has 1 aromatic heterocycles. The molecule has 0 saturated heterocycles. The summed E-state index contributed by atoms with van der Waals surface area (Å²) in [6, 6.07) is 6.50. The molecule has 5 nitrogen and oxygen atoms in total. The predicted molar refractivity (Wildman–Crippen MR) is 73.7 cm³/mol. The third-order valence-corrected chi connectivity index (χ3v) is 2.54. The molecule has 2 aromatic rings. The topological polar surface area (TPSA) is 74.8 Å². The zero-order valence-corrected chi connectivity index (χ0v) is 11.3. The van der Waals surface area contributed by atoms with Gasteiger partial charge < -0.3 is 15.1 Å². The maximum absolute atomic E-state index is 13.6. The van der Waals surface area contributed by atoms with Crippen LogP contribution in [0.3, 0.4) is 0 Å². The van der Waals surface area contributed by atoms with Gasteiger partial charge in [-0.25, -0.2) is 4.39 Å². The van der Waals surface area contributed by atoms with Crippen molar-refractivity contribution in [2.45, 2.75) is 20.4 Å². The molecular weight excluding hydrogens is 259 g/mol. The summed E-state index contributed by atoms with van der Waals surface area (Å²) in [5, 5.41) is 18.2. The smallest absolute Gasteiger partial charge is 0.263 e. The van der Waals surface area contributed by atoms with Gasteiger partial charge in [-0.2, -0.15) is 0 Å². The van der Waals surface area contributed by atoms with E-state index in [-0.39, 0.29) is 18.3 Å². The second kappa shape index (κ2) is 6.10. The summed E-state index contributed by atoms with van der Waals surface area (Å²) in [7, 11) is 0. The van der Waals surface area contributed by atoms with Crippen molar-refractivity contribution in [2.24, 2.45) is 0 Å². The van der Waals surface area contributed by atoms with Crippen molar-refractivity contribution in [3.8, 4) is 0 Å². The highest BCUT2D eigenvalue weighted by atomic mass is 19.1. The van der Waals surface area contributed by atoms with Crippen molar-refractivity contribution in [1.82, 2.24) is 15.5 Å². The normalized spacial score (nSPS) is 11.4. The lowest BCUT2D eigenvalue weighted by atomic mass is 10.2. The van der Waals surface area contributed by atoms with Crippen LogP contribution in [0.1, 0.15) is 24.3 Å². The fraction of sp³-hybridized carbons (Fsp3) is 0.214. The Morgan fingerprint density at radius 2 is 2.15 bits per heavy atom. The molecular formula is C14H15FN4O. The number of aromatic nitrogens is 2. The molecule has 2 N–H and O–H groups in total. The molecule has 6 heteroatoms. The molecule has 0 radical (unpaired) electrons. The largest absolute Gasteiger partial charge is 0.420 e. The first kappa shape index (κ1) is 13.9. The molecule has 0 aliphatic carbocycles. The lowest BCUT2D eigenvalue weighted by molar-refractivity contribution is 0.500. The van der Waals surface area contributed by atoms with E-state index in [1.807, 2.05) is 0 Å². The van der Waals surface area contributed by atoms with Crippen molar-refractivity contribution < 1.29 is 8.81 Å². The van der Waals surface area contributed by atoms with Crippen molar-refractivity contribution in [1.29, 1.82) is 5.41 Å². The second-order valence-corrected chi connectivity index (χ2v) is 4.31. The molecule has 0 spiro atoms. The first-order valence-electron chi connectivity index (χ1n) is 6.11. The van der Waals surface area contributed by atoms with Crippen LogP contribution >= 0.6 is 0 Å². The Bertz CT molecular complexity index is 648. The summed E-state index contributed by atoms with van der Waals surface area (Å²) in [4.78, 5) is 0.